The second-order valence-electron chi connectivity index (χ2n) is 6.39. The molecule has 4 rings (SSSR count). The summed E-state index contributed by atoms with van der Waals surface area (Å²) in [5, 5.41) is 4.05. The number of aryl methyl sites for hydroxylation is 1. The van der Waals surface area contributed by atoms with E-state index in [1.807, 2.05) is 6.07 Å². The molecular formula is C18H23N3O3. The Hall–Kier alpha value is -2.08. The van der Waals surface area contributed by atoms with Crippen molar-refractivity contribution in [2.45, 2.75) is 45.2 Å². The SMILES string of the molecule is CCCc1noc(CN2CCC[C@H]2c2ccc3c(c2)OCCO3)n1. The van der Waals surface area contributed by atoms with Gasteiger partial charge in [0.05, 0.1) is 6.54 Å². The van der Waals surface area contributed by atoms with E-state index in [1.165, 1.54) is 12.0 Å². The summed E-state index contributed by atoms with van der Waals surface area (Å²) in [4.78, 5) is 6.91. The van der Waals surface area contributed by atoms with Gasteiger partial charge in [-0.05, 0) is 43.5 Å². The Morgan fingerprint density at radius 1 is 1.21 bits per heavy atom. The summed E-state index contributed by atoms with van der Waals surface area (Å²) in [6.45, 7) is 5.11. The number of ether oxygens (including phenoxy) is 2. The van der Waals surface area contributed by atoms with Crippen molar-refractivity contribution < 1.29 is 14.0 Å². The maximum Gasteiger partial charge on any atom is 0.240 e. The first-order valence-electron chi connectivity index (χ1n) is 8.78. The van der Waals surface area contributed by atoms with Crippen LogP contribution in [0.4, 0.5) is 0 Å². The molecular weight excluding hydrogens is 306 g/mol. The van der Waals surface area contributed by atoms with E-state index in [2.05, 4.69) is 34.1 Å². The highest BCUT2D eigenvalue weighted by atomic mass is 16.6. The quantitative estimate of drug-likeness (QED) is 0.840. The molecule has 2 aliphatic rings. The molecule has 0 bridgehead atoms. The maximum atomic E-state index is 5.72. The lowest BCUT2D eigenvalue weighted by atomic mass is 10.0. The fourth-order valence-corrected chi connectivity index (χ4v) is 3.51. The van der Waals surface area contributed by atoms with Crippen LogP contribution in [0.15, 0.2) is 22.7 Å². The van der Waals surface area contributed by atoms with Gasteiger partial charge in [0.1, 0.15) is 13.2 Å². The normalized spacial score (nSPS) is 20.5. The van der Waals surface area contributed by atoms with Gasteiger partial charge in [0.2, 0.25) is 5.89 Å². The molecule has 1 saturated heterocycles. The molecule has 1 fully saturated rings. The molecule has 1 aromatic heterocycles. The van der Waals surface area contributed by atoms with Crippen molar-refractivity contribution in [3.05, 3.63) is 35.5 Å². The van der Waals surface area contributed by atoms with Crippen LogP contribution in [0.25, 0.3) is 0 Å². The molecule has 1 aromatic carbocycles. The van der Waals surface area contributed by atoms with Gasteiger partial charge in [-0.2, -0.15) is 4.98 Å². The van der Waals surface area contributed by atoms with Gasteiger partial charge in [0.25, 0.3) is 0 Å². The van der Waals surface area contributed by atoms with Crippen molar-refractivity contribution in [1.29, 1.82) is 0 Å². The van der Waals surface area contributed by atoms with Crippen LogP contribution in [0.1, 0.15) is 49.5 Å². The Labute approximate surface area is 141 Å². The molecule has 0 amide bonds. The molecule has 2 aliphatic heterocycles. The van der Waals surface area contributed by atoms with Gasteiger partial charge in [-0.25, -0.2) is 0 Å². The number of fused-ring (bicyclic) bond motifs is 1. The van der Waals surface area contributed by atoms with Gasteiger partial charge in [0, 0.05) is 12.5 Å². The van der Waals surface area contributed by atoms with Gasteiger partial charge in [-0.1, -0.05) is 18.1 Å². The number of nitrogens with zero attached hydrogens (tertiary/aromatic N) is 3. The van der Waals surface area contributed by atoms with Gasteiger partial charge in [0.15, 0.2) is 17.3 Å². The van der Waals surface area contributed by atoms with Crippen molar-refractivity contribution in [3.8, 4) is 11.5 Å². The van der Waals surface area contributed by atoms with Crippen molar-refractivity contribution in [3.63, 3.8) is 0 Å². The molecule has 24 heavy (non-hydrogen) atoms. The number of rotatable bonds is 5. The largest absolute Gasteiger partial charge is 0.486 e. The van der Waals surface area contributed by atoms with Gasteiger partial charge in [-0.15, -0.1) is 0 Å². The minimum atomic E-state index is 0.363. The predicted octanol–water partition coefficient (Wildman–Crippen LogP) is 3.13. The molecule has 0 radical (unpaired) electrons. The predicted molar refractivity (Wildman–Crippen MR) is 88.1 cm³/mol. The van der Waals surface area contributed by atoms with Crippen molar-refractivity contribution in [2.75, 3.05) is 19.8 Å². The first-order valence-corrected chi connectivity index (χ1v) is 8.78. The van der Waals surface area contributed by atoms with Crippen LogP contribution < -0.4 is 9.47 Å². The highest BCUT2D eigenvalue weighted by Gasteiger charge is 2.28. The van der Waals surface area contributed by atoms with Crippen molar-refractivity contribution >= 4 is 0 Å². The molecule has 1 atom stereocenters. The lowest BCUT2D eigenvalue weighted by Crippen LogP contribution is -2.23. The Morgan fingerprint density at radius 3 is 2.96 bits per heavy atom. The molecule has 6 nitrogen and oxygen atoms in total. The Balaban J connectivity index is 1.49. The molecule has 0 unspecified atom stereocenters. The number of hydrogen-bond donors (Lipinski definition) is 0. The van der Waals surface area contributed by atoms with E-state index in [0.717, 1.165) is 43.1 Å². The zero-order valence-corrected chi connectivity index (χ0v) is 14.0. The summed E-state index contributed by atoms with van der Waals surface area (Å²) >= 11 is 0. The number of likely N-dealkylation sites (tertiary alicyclic amines) is 1. The van der Waals surface area contributed by atoms with Crippen LogP contribution >= 0.6 is 0 Å². The fraction of sp³-hybridized carbons (Fsp3) is 0.556. The average molecular weight is 329 g/mol. The summed E-state index contributed by atoms with van der Waals surface area (Å²) < 4.78 is 16.7. The Kier molecular flexibility index (Phi) is 4.38. The lowest BCUT2D eigenvalue weighted by Gasteiger charge is -2.25. The number of hydrogen-bond acceptors (Lipinski definition) is 6. The Bertz CT molecular complexity index is 701. The van der Waals surface area contributed by atoms with Crippen molar-refractivity contribution in [1.82, 2.24) is 15.0 Å². The van der Waals surface area contributed by atoms with Crippen LogP contribution in [-0.2, 0) is 13.0 Å². The lowest BCUT2D eigenvalue weighted by molar-refractivity contribution is 0.170. The topological polar surface area (TPSA) is 60.6 Å². The van der Waals surface area contributed by atoms with E-state index >= 15 is 0 Å². The molecule has 2 aromatic rings. The zero-order chi connectivity index (χ0) is 16.4. The highest BCUT2D eigenvalue weighted by molar-refractivity contribution is 5.44. The highest BCUT2D eigenvalue weighted by Crippen LogP contribution is 2.38. The van der Waals surface area contributed by atoms with E-state index in [1.54, 1.807) is 0 Å². The monoisotopic (exact) mass is 329 g/mol. The van der Waals surface area contributed by atoms with Crippen LogP contribution in [0.2, 0.25) is 0 Å². The minimum absolute atomic E-state index is 0.363. The zero-order valence-electron chi connectivity index (χ0n) is 14.0. The smallest absolute Gasteiger partial charge is 0.240 e. The number of benzene rings is 1. The van der Waals surface area contributed by atoms with Crippen LogP contribution in [0.3, 0.4) is 0 Å². The molecule has 0 spiro atoms. The fourth-order valence-electron chi connectivity index (χ4n) is 3.51. The second kappa shape index (κ2) is 6.81. The van der Waals surface area contributed by atoms with E-state index in [4.69, 9.17) is 14.0 Å². The molecule has 128 valence electrons. The summed E-state index contributed by atoms with van der Waals surface area (Å²) in [6.07, 6.45) is 4.21. The maximum absolute atomic E-state index is 5.72. The molecule has 6 heteroatoms. The third kappa shape index (κ3) is 3.11. The third-order valence-corrected chi connectivity index (χ3v) is 4.64. The van der Waals surface area contributed by atoms with Gasteiger partial charge in [-0.3, -0.25) is 4.90 Å². The average Bonchev–Trinajstić information content (AvgIpc) is 3.25. The minimum Gasteiger partial charge on any atom is -0.486 e. The van der Waals surface area contributed by atoms with Crippen LogP contribution in [0, 0.1) is 0 Å². The second-order valence-corrected chi connectivity index (χ2v) is 6.39. The first-order chi connectivity index (χ1) is 11.8. The Morgan fingerprint density at radius 2 is 2.08 bits per heavy atom. The van der Waals surface area contributed by atoms with E-state index in [9.17, 15) is 0 Å². The number of aromatic nitrogens is 2. The molecule has 0 aliphatic carbocycles. The summed E-state index contributed by atoms with van der Waals surface area (Å²) in [5.74, 6) is 3.22. The van der Waals surface area contributed by atoms with Crippen LogP contribution in [-0.4, -0.2) is 34.8 Å². The van der Waals surface area contributed by atoms with Gasteiger partial charge < -0.3 is 14.0 Å². The summed E-state index contributed by atoms with van der Waals surface area (Å²) in [7, 11) is 0. The van der Waals surface area contributed by atoms with E-state index in [0.29, 0.717) is 31.7 Å². The summed E-state index contributed by atoms with van der Waals surface area (Å²) in [6, 6.07) is 6.65. The van der Waals surface area contributed by atoms with Crippen molar-refractivity contribution in [2.24, 2.45) is 0 Å². The van der Waals surface area contributed by atoms with E-state index in [-0.39, 0.29) is 0 Å². The molecule has 0 N–H and O–H groups in total. The van der Waals surface area contributed by atoms with Gasteiger partial charge >= 0.3 is 0 Å². The first kappa shape index (κ1) is 15.4. The third-order valence-electron chi connectivity index (χ3n) is 4.64. The molecule has 3 heterocycles. The summed E-state index contributed by atoms with van der Waals surface area (Å²) in [5.41, 5.74) is 1.27. The standard InChI is InChI=1S/C18H23N3O3/c1-2-4-17-19-18(24-20-17)12-21-8-3-5-14(21)13-6-7-15-16(11-13)23-10-9-22-15/h6-7,11,14H,2-5,8-10,12H2,1H3/t14-/m0/s1. The molecule has 0 saturated carbocycles. The van der Waals surface area contributed by atoms with Crippen LogP contribution in [0.5, 0.6) is 11.5 Å². The van der Waals surface area contributed by atoms with E-state index < -0.39 is 0 Å².